The van der Waals surface area contributed by atoms with Crippen molar-refractivity contribution >= 4 is 85.5 Å². The van der Waals surface area contributed by atoms with Crippen molar-refractivity contribution in [3.63, 3.8) is 0 Å². The monoisotopic (exact) mass is 444 g/mol. The molecule has 1 aromatic carbocycles. The van der Waals surface area contributed by atoms with Gasteiger partial charge in [-0.05, 0) is 12.1 Å². The van der Waals surface area contributed by atoms with Crippen LogP contribution in [-0.2, 0) is 0 Å². The zero-order valence-electron chi connectivity index (χ0n) is 9.50. The Kier molecular flexibility index (Phi) is 8.54. The number of hydrogen-bond acceptors (Lipinski definition) is 0. The fourth-order valence-corrected chi connectivity index (χ4v) is 4.10. The molecule has 0 bridgehead atoms. The SMILES string of the molecule is Brc1ccccc1.ClC1C(Cl)C(Cl)C(Cl)C(Cl)C1Cl. The number of alkyl halides is 6. The lowest BCUT2D eigenvalue weighted by atomic mass is 9.97. The molecule has 0 N–H and O–H groups in total. The lowest BCUT2D eigenvalue weighted by Crippen LogP contribution is -2.52. The van der Waals surface area contributed by atoms with Crippen LogP contribution in [0, 0.1) is 0 Å². The highest BCUT2D eigenvalue weighted by atomic mass is 79.9. The molecule has 0 saturated heterocycles. The van der Waals surface area contributed by atoms with Crippen molar-refractivity contribution in [2.45, 2.75) is 32.3 Å². The van der Waals surface area contributed by atoms with Gasteiger partial charge in [-0.2, -0.15) is 0 Å². The highest BCUT2D eigenvalue weighted by Gasteiger charge is 2.46. The smallest absolute Gasteiger partial charge is 0.0693 e. The van der Waals surface area contributed by atoms with Crippen LogP contribution in [0.4, 0.5) is 0 Å². The molecular formula is C12H11BrCl6. The molecule has 2 rings (SSSR count). The van der Waals surface area contributed by atoms with E-state index in [0.29, 0.717) is 0 Å². The predicted octanol–water partition coefficient (Wildman–Crippen LogP) is 6.09. The fourth-order valence-electron chi connectivity index (χ4n) is 1.47. The molecule has 1 aromatic rings. The van der Waals surface area contributed by atoms with Crippen molar-refractivity contribution in [3.05, 3.63) is 34.8 Å². The molecule has 1 aliphatic carbocycles. The van der Waals surface area contributed by atoms with E-state index < -0.39 is 32.3 Å². The average molecular weight is 448 g/mol. The van der Waals surface area contributed by atoms with E-state index in [0.717, 1.165) is 4.47 Å². The summed E-state index contributed by atoms with van der Waals surface area (Å²) in [5.41, 5.74) is 0. The molecule has 7 heteroatoms. The summed E-state index contributed by atoms with van der Waals surface area (Å²) in [4.78, 5) is 0. The lowest BCUT2D eigenvalue weighted by molar-refractivity contribution is 0.544. The molecule has 0 aliphatic heterocycles. The molecule has 0 amide bonds. The second-order valence-corrected chi connectivity index (χ2v) is 7.90. The molecule has 0 heterocycles. The zero-order valence-corrected chi connectivity index (χ0v) is 15.6. The Bertz CT molecular complexity index is 317. The van der Waals surface area contributed by atoms with Crippen LogP contribution in [0.15, 0.2) is 34.8 Å². The average Bonchev–Trinajstić information content (AvgIpc) is 2.42. The van der Waals surface area contributed by atoms with E-state index in [-0.39, 0.29) is 0 Å². The maximum atomic E-state index is 5.88. The Labute approximate surface area is 151 Å². The summed E-state index contributed by atoms with van der Waals surface area (Å²) in [6.45, 7) is 0. The third-order valence-corrected chi connectivity index (χ3v) is 7.12. The minimum Gasteiger partial charge on any atom is -0.120 e. The standard InChI is InChI=1S/C6H5Br.C6H6Cl6/c7-6-4-2-1-3-5-6;7-1-2(8)4(10)6(12)5(11)3(1)9/h1-5H;1-6H. The number of hydrogen-bond donors (Lipinski definition) is 0. The third-order valence-electron chi connectivity index (χ3n) is 2.56. The molecular weight excluding hydrogens is 437 g/mol. The molecule has 0 atom stereocenters. The Balaban J connectivity index is 0.000000218. The van der Waals surface area contributed by atoms with Crippen LogP contribution in [0.5, 0.6) is 0 Å². The molecule has 0 spiro atoms. The zero-order chi connectivity index (χ0) is 14.6. The Morgan fingerprint density at radius 2 is 0.842 bits per heavy atom. The van der Waals surface area contributed by atoms with Crippen LogP contribution in [0.3, 0.4) is 0 Å². The van der Waals surface area contributed by atoms with E-state index in [1.165, 1.54) is 0 Å². The normalized spacial score (nSPS) is 38.3. The van der Waals surface area contributed by atoms with Crippen molar-refractivity contribution in [3.8, 4) is 0 Å². The second-order valence-electron chi connectivity index (χ2n) is 3.96. The summed E-state index contributed by atoms with van der Waals surface area (Å²) in [5, 5.41) is -2.62. The number of benzene rings is 1. The van der Waals surface area contributed by atoms with Gasteiger partial charge >= 0.3 is 0 Å². The van der Waals surface area contributed by atoms with Crippen molar-refractivity contribution in [1.82, 2.24) is 0 Å². The van der Waals surface area contributed by atoms with Crippen molar-refractivity contribution in [2.75, 3.05) is 0 Å². The van der Waals surface area contributed by atoms with Gasteiger partial charge in [-0.3, -0.25) is 0 Å². The summed E-state index contributed by atoms with van der Waals surface area (Å²) in [5.74, 6) is 0. The van der Waals surface area contributed by atoms with E-state index in [1.54, 1.807) is 0 Å². The van der Waals surface area contributed by atoms with Crippen molar-refractivity contribution in [1.29, 1.82) is 0 Å². The van der Waals surface area contributed by atoms with Gasteiger partial charge in [0.15, 0.2) is 0 Å². The van der Waals surface area contributed by atoms with Crippen LogP contribution in [0.1, 0.15) is 0 Å². The quantitative estimate of drug-likeness (QED) is 0.422. The minimum atomic E-state index is -0.437. The molecule has 1 aliphatic rings. The van der Waals surface area contributed by atoms with Crippen LogP contribution in [0.2, 0.25) is 0 Å². The first-order chi connectivity index (χ1) is 8.86. The molecule has 0 aromatic heterocycles. The molecule has 0 nitrogen and oxygen atoms in total. The summed E-state index contributed by atoms with van der Waals surface area (Å²) in [6, 6.07) is 9.97. The maximum Gasteiger partial charge on any atom is 0.0693 e. The van der Waals surface area contributed by atoms with Crippen molar-refractivity contribution < 1.29 is 0 Å². The first-order valence-corrected chi connectivity index (χ1v) is 8.82. The first kappa shape index (κ1) is 18.5. The maximum absolute atomic E-state index is 5.88. The van der Waals surface area contributed by atoms with E-state index in [4.69, 9.17) is 69.6 Å². The van der Waals surface area contributed by atoms with Gasteiger partial charge in [-0.15, -0.1) is 69.6 Å². The highest BCUT2D eigenvalue weighted by molar-refractivity contribution is 9.10. The molecule has 1 saturated carbocycles. The Morgan fingerprint density at radius 1 is 0.579 bits per heavy atom. The Hall–Kier alpha value is 1.44. The summed E-state index contributed by atoms with van der Waals surface area (Å²) in [6.07, 6.45) is 0. The van der Waals surface area contributed by atoms with Gasteiger partial charge in [0, 0.05) is 4.47 Å². The van der Waals surface area contributed by atoms with Crippen LogP contribution in [-0.4, -0.2) is 32.3 Å². The lowest BCUT2D eigenvalue weighted by Gasteiger charge is -2.37. The van der Waals surface area contributed by atoms with Gasteiger partial charge in [0.05, 0.1) is 32.3 Å². The summed E-state index contributed by atoms with van der Waals surface area (Å²) >= 11 is 38.6. The van der Waals surface area contributed by atoms with E-state index >= 15 is 0 Å². The topological polar surface area (TPSA) is 0 Å². The van der Waals surface area contributed by atoms with Crippen molar-refractivity contribution in [2.24, 2.45) is 0 Å². The number of rotatable bonds is 0. The van der Waals surface area contributed by atoms with Crippen LogP contribution in [0.25, 0.3) is 0 Å². The third kappa shape index (κ3) is 5.29. The largest absolute Gasteiger partial charge is 0.120 e. The summed E-state index contributed by atoms with van der Waals surface area (Å²) in [7, 11) is 0. The fraction of sp³-hybridized carbons (Fsp3) is 0.500. The van der Waals surface area contributed by atoms with Gasteiger partial charge in [-0.25, -0.2) is 0 Å². The summed E-state index contributed by atoms with van der Waals surface area (Å²) < 4.78 is 1.13. The van der Waals surface area contributed by atoms with Crippen LogP contribution >= 0.6 is 85.5 Å². The molecule has 0 unspecified atom stereocenters. The van der Waals surface area contributed by atoms with Gasteiger partial charge in [0.2, 0.25) is 0 Å². The molecule has 19 heavy (non-hydrogen) atoms. The van der Waals surface area contributed by atoms with Gasteiger partial charge in [-0.1, -0.05) is 34.1 Å². The van der Waals surface area contributed by atoms with Gasteiger partial charge in [0.1, 0.15) is 0 Å². The first-order valence-electron chi connectivity index (χ1n) is 5.41. The van der Waals surface area contributed by atoms with E-state index in [9.17, 15) is 0 Å². The second kappa shape index (κ2) is 8.78. The predicted molar refractivity (Wildman–Crippen MR) is 92.0 cm³/mol. The molecule has 1 fully saturated rings. The molecule has 108 valence electrons. The van der Waals surface area contributed by atoms with E-state index in [2.05, 4.69) is 15.9 Å². The number of halogens is 7. The molecule has 0 radical (unpaired) electrons. The Morgan fingerprint density at radius 3 is 1.00 bits per heavy atom. The van der Waals surface area contributed by atoms with E-state index in [1.807, 2.05) is 30.3 Å². The van der Waals surface area contributed by atoms with Crippen LogP contribution < -0.4 is 0 Å². The highest BCUT2D eigenvalue weighted by Crippen LogP contribution is 2.39. The minimum absolute atomic E-state index is 0.437. The van der Waals surface area contributed by atoms with Gasteiger partial charge in [0.25, 0.3) is 0 Å². The van der Waals surface area contributed by atoms with Gasteiger partial charge < -0.3 is 0 Å².